The van der Waals surface area contributed by atoms with E-state index >= 15 is 0 Å². The van der Waals surface area contributed by atoms with Gasteiger partial charge in [-0.1, -0.05) is 11.8 Å². The number of anilines is 1. The number of nitrogens with one attached hydrogen (secondary N) is 1. The van der Waals surface area contributed by atoms with Gasteiger partial charge in [0.1, 0.15) is 0 Å². The van der Waals surface area contributed by atoms with Gasteiger partial charge in [0, 0.05) is 31.4 Å². The first-order chi connectivity index (χ1) is 12.3. The van der Waals surface area contributed by atoms with E-state index in [1.165, 1.54) is 18.4 Å². The molecule has 1 aromatic rings. The van der Waals surface area contributed by atoms with Gasteiger partial charge in [0.2, 0.25) is 0 Å². The Morgan fingerprint density at radius 1 is 1.31 bits per heavy atom. The standard InChI is InChI=1S/C20H29NO4S/c1-19(2,3)8-7-15-13-16(17(26-15)18(22)23-4)21-14-5-9-20(10-6-14)24-11-12-25-20/h13-14,18,21-22H,5-6,9-12H2,1-4H3. The lowest BCUT2D eigenvalue weighted by atomic mass is 9.90. The van der Waals surface area contributed by atoms with Crippen molar-refractivity contribution >= 4 is 17.0 Å². The summed E-state index contributed by atoms with van der Waals surface area (Å²) in [6, 6.07) is 2.35. The highest BCUT2D eigenvalue weighted by Crippen LogP contribution is 2.39. The van der Waals surface area contributed by atoms with Crippen LogP contribution in [0, 0.1) is 17.3 Å². The minimum Gasteiger partial charge on any atom is -0.381 e. The number of hydrogen-bond acceptors (Lipinski definition) is 6. The molecule has 6 heteroatoms. The Hall–Kier alpha value is -1.10. The highest BCUT2D eigenvalue weighted by molar-refractivity contribution is 7.13. The Bertz CT molecular complexity index is 666. The molecule has 2 heterocycles. The van der Waals surface area contributed by atoms with E-state index in [-0.39, 0.29) is 11.2 Å². The van der Waals surface area contributed by atoms with Crippen molar-refractivity contribution in [1.82, 2.24) is 0 Å². The Labute approximate surface area is 160 Å². The van der Waals surface area contributed by atoms with Crippen LogP contribution in [-0.2, 0) is 14.2 Å². The molecule has 1 saturated carbocycles. The molecule has 3 rings (SSSR count). The SMILES string of the molecule is COC(O)c1sc(C#CC(C)(C)C)cc1NC1CCC2(CC1)OCCO2. The fourth-order valence-electron chi connectivity index (χ4n) is 3.33. The molecule has 2 fully saturated rings. The predicted octanol–water partition coefficient (Wildman–Crippen LogP) is 3.88. The first-order valence-corrected chi connectivity index (χ1v) is 10.0. The third kappa shape index (κ3) is 4.79. The average molecular weight is 380 g/mol. The van der Waals surface area contributed by atoms with Crippen LogP contribution in [0.3, 0.4) is 0 Å². The van der Waals surface area contributed by atoms with Gasteiger partial charge in [-0.15, -0.1) is 11.3 Å². The molecule has 1 aliphatic heterocycles. The second-order valence-corrected chi connectivity index (χ2v) is 9.09. The minimum absolute atomic E-state index is 0.0589. The summed E-state index contributed by atoms with van der Waals surface area (Å²) in [6.45, 7) is 7.65. The van der Waals surface area contributed by atoms with Gasteiger partial charge in [-0.2, -0.15) is 0 Å². The molecule has 0 radical (unpaired) electrons. The van der Waals surface area contributed by atoms with Gasteiger partial charge >= 0.3 is 0 Å². The van der Waals surface area contributed by atoms with E-state index < -0.39 is 6.29 Å². The minimum atomic E-state index is -0.941. The van der Waals surface area contributed by atoms with Crippen LogP contribution in [0.4, 0.5) is 5.69 Å². The highest BCUT2D eigenvalue weighted by atomic mass is 32.1. The average Bonchev–Trinajstić information content (AvgIpc) is 3.21. The normalized spacial score (nSPS) is 21.4. The van der Waals surface area contributed by atoms with Crippen LogP contribution in [0.5, 0.6) is 0 Å². The van der Waals surface area contributed by atoms with E-state index in [1.807, 2.05) is 6.07 Å². The molecule has 5 nitrogen and oxygen atoms in total. The van der Waals surface area contributed by atoms with Crippen molar-refractivity contribution in [2.45, 2.75) is 64.6 Å². The highest BCUT2D eigenvalue weighted by Gasteiger charge is 2.40. The lowest BCUT2D eigenvalue weighted by Crippen LogP contribution is -2.39. The van der Waals surface area contributed by atoms with Crippen LogP contribution in [0.25, 0.3) is 0 Å². The van der Waals surface area contributed by atoms with Crippen molar-refractivity contribution in [1.29, 1.82) is 0 Å². The molecule has 1 unspecified atom stereocenters. The fourth-order valence-corrected chi connectivity index (χ4v) is 4.27. The van der Waals surface area contributed by atoms with E-state index in [4.69, 9.17) is 14.2 Å². The summed E-state index contributed by atoms with van der Waals surface area (Å²) in [4.78, 5) is 1.71. The molecule has 1 spiro atoms. The first-order valence-electron chi connectivity index (χ1n) is 9.22. The molecule has 0 bridgehead atoms. The number of hydrogen-bond donors (Lipinski definition) is 2. The van der Waals surface area contributed by atoms with Gasteiger partial charge in [0.05, 0.1) is 28.7 Å². The Balaban J connectivity index is 1.71. The predicted molar refractivity (Wildman–Crippen MR) is 103 cm³/mol. The van der Waals surface area contributed by atoms with Gasteiger partial charge in [0.15, 0.2) is 12.1 Å². The molecule has 1 atom stereocenters. The maximum absolute atomic E-state index is 10.2. The van der Waals surface area contributed by atoms with Crippen molar-refractivity contribution in [3.8, 4) is 11.8 Å². The van der Waals surface area contributed by atoms with E-state index in [0.29, 0.717) is 19.3 Å². The first kappa shape index (κ1) is 19.7. The Morgan fingerprint density at radius 3 is 2.54 bits per heavy atom. The molecule has 144 valence electrons. The number of ether oxygens (including phenoxy) is 3. The molecular formula is C20H29NO4S. The Kier molecular flexibility index (Phi) is 5.95. The maximum atomic E-state index is 10.2. The molecule has 26 heavy (non-hydrogen) atoms. The van der Waals surface area contributed by atoms with Crippen molar-refractivity contribution in [3.63, 3.8) is 0 Å². The summed E-state index contributed by atoms with van der Waals surface area (Å²) in [7, 11) is 1.51. The third-order valence-electron chi connectivity index (χ3n) is 4.69. The van der Waals surface area contributed by atoms with E-state index in [0.717, 1.165) is 41.1 Å². The van der Waals surface area contributed by atoms with Gasteiger partial charge < -0.3 is 24.6 Å². The van der Waals surface area contributed by atoms with Crippen LogP contribution in [-0.4, -0.2) is 37.3 Å². The molecule has 1 saturated heterocycles. The third-order valence-corrected chi connectivity index (χ3v) is 5.77. The summed E-state index contributed by atoms with van der Waals surface area (Å²) in [5, 5.41) is 13.8. The van der Waals surface area contributed by atoms with Crippen LogP contribution < -0.4 is 5.32 Å². The van der Waals surface area contributed by atoms with Gasteiger partial charge in [0.25, 0.3) is 0 Å². The molecule has 2 N–H and O–H groups in total. The van der Waals surface area contributed by atoms with Gasteiger partial charge in [-0.3, -0.25) is 0 Å². The summed E-state index contributed by atoms with van der Waals surface area (Å²) in [5.41, 5.74) is 0.855. The quantitative estimate of drug-likeness (QED) is 0.614. The second kappa shape index (κ2) is 7.87. The van der Waals surface area contributed by atoms with Crippen LogP contribution >= 0.6 is 11.3 Å². The van der Waals surface area contributed by atoms with E-state index in [9.17, 15) is 5.11 Å². The summed E-state index contributed by atoms with van der Waals surface area (Å²) < 4.78 is 16.7. The fraction of sp³-hybridized carbons (Fsp3) is 0.700. The number of aliphatic hydroxyl groups excluding tert-OH is 1. The second-order valence-electron chi connectivity index (χ2n) is 8.00. The van der Waals surface area contributed by atoms with E-state index in [2.05, 4.69) is 37.9 Å². The zero-order valence-corrected chi connectivity index (χ0v) is 16.9. The summed E-state index contributed by atoms with van der Waals surface area (Å²) in [6.07, 6.45) is 2.80. The molecule has 1 aliphatic carbocycles. The molecular weight excluding hydrogens is 350 g/mol. The maximum Gasteiger partial charge on any atom is 0.192 e. The van der Waals surface area contributed by atoms with Crippen LogP contribution in [0.1, 0.15) is 62.5 Å². The lowest BCUT2D eigenvalue weighted by molar-refractivity contribution is -0.177. The molecule has 0 amide bonds. The zero-order chi connectivity index (χ0) is 18.8. The number of thiophene rings is 1. The zero-order valence-electron chi connectivity index (χ0n) is 16.1. The van der Waals surface area contributed by atoms with Crippen molar-refractivity contribution in [2.75, 3.05) is 25.6 Å². The van der Waals surface area contributed by atoms with Crippen molar-refractivity contribution < 1.29 is 19.3 Å². The number of aliphatic hydroxyl groups is 1. The van der Waals surface area contributed by atoms with Gasteiger partial charge in [-0.05, 0) is 39.7 Å². The van der Waals surface area contributed by atoms with Gasteiger partial charge in [-0.25, -0.2) is 0 Å². The smallest absolute Gasteiger partial charge is 0.192 e. The Morgan fingerprint density at radius 2 is 1.96 bits per heavy atom. The summed E-state index contributed by atoms with van der Waals surface area (Å²) in [5.74, 6) is 6.12. The number of rotatable bonds is 4. The van der Waals surface area contributed by atoms with Crippen molar-refractivity contribution in [3.05, 3.63) is 15.8 Å². The summed E-state index contributed by atoms with van der Waals surface area (Å²) >= 11 is 1.48. The topological polar surface area (TPSA) is 60.0 Å². The largest absolute Gasteiger partial charge is 0.381 e. The van der Waals surface area contributed by atoms with Crippen LogP contribution in [0.15, 0.2) is 6.07 Å². The lowest BCUT2D eigenvalue weighted by Gasteiger charge is -2.36. The molecule has 1 aromatic heterocycles. The van der Waals surface area contributed by atoms with Crippen molar-refractivity contribution in [2.24, 2.45) is 5.41 Å². The monoisotopic (exact) mass is 379 g/mol. The molecule has 0 aromatic carbocycles. The van der Waals surface area contributed by atoms with E-state index in [1.54, 1.807) is 0 Å². The van der Waals surface area contributed by atoms with Crippen LogP contribution in [0.2, 0.25) is 0 Å². The number of methoxy groups -OCH3 is 1. The molecule has 2 aliphatic rings.